The van der Waals surface area contributed by atoms with Crippen LogP contribution in [0.1, 0.15) is 25.7 Å². The minimum absolute atomic E-state index is 0.0318. The van der Waals surface area contributed by atoms with Crippen molar-refractivity contribution in [1.82, 2.24) is 15.2 Å². The Morgan fingerprint density at radius 2 is 2.08 bits per heavy atom. The fourth-order valence-electron chi connectivity index (χ4n) is 4.17. The summed E-state index contributed by atoms with van der Waals surface area (Å²) in [5.41, 5.74) is 3.47. The maximum atomic E-state index is 12.9. The lowest BCUT2D eigenvalue weighted by molar-refractivity contribution is -0.151. The van der Waals surface area contributed by atoms with Crippen molar-refractivity contribution in [2.45, 2.75) is 43.9 Å². The molecular formula is C18H23N5O3. The number of ether oxygens (including phenoxy) is 1. The number of anilines is 1. The van der Waals surface area contributed by atoms with E-state index in [1.54, 1.807) is 30.5 Å². The third kappa shape index (κ3) is 2.85. The Hall–Kier alpha value is -2.77. The van der Waals surface area contributed by atoms with Crippen molar-refractivity contribution < 1.29 is 14.3 Å². The number of rotatable bonds is 4. The molecule has 1 saturated heterocycles. The van der Waals surface area contributed by atoms with Crippen molar-refractivity contribution in [1.29, 1.82) is 0 Å². The van der Waals surface area contributed by atoms with E-state index in [9.17, 15) is 9.59 Å². The summed E-state index contributed by atoms with van der Waals surface area (Å²) in [5.74, 6) is 0.277. The summed E-state index contributed by atoms with van der Waals surface area (Å²) >= 11 is 0. The van der Waals surface area contributed by atoms with Crippen LogP contribution < -0.4 is 15.5 Å². The number of hydrogen-bond acceptors (Lipinski definition) is 6. The Balaban J connectivity index is 1.50. The predicted molar refractivity (Wildman–Crippen MR) is 96.6 cm³/mol. The van der Waals surface area contributed by atoms with E-state index in [2.05, 4.69) is 15.8 Å². The SMILES string of the molecule is COc1ccccc1NC(=O)CN1C(=O)C2NN=CN2C2CCCCC21. The standard InChI is InChI=1S/C18H23N5O3/c1-26-15-9-5-2-6-12(15)20-16(24)10-22-13-7-3-4-8-14(13)23-11-19-21-17(23)18(22)25/h2,5-6,9,11,13-14,17,21H,3-4,7-8,10H2,1H3,(H,20,24). The van der Waals surface area contributed by atoms with Gasteiger partial charge in [0.25, 0.3) is 5.91 Å². The maximum absolute atomic E-state index is 12.9. The van der Waals surface area contributed by atoms with Crippen LogP contribution in [0.2, 0.25) is 0 Å². The first-order chi connectivity index (χ1) is 12.7. The summed E-state index contributed by atoms with van der Waals surface area (Å²) in [6, 6.07) is 7.50. The quantitative estimate of drug-likeness (QED) is 0.838. The third-order valence-corrected chi connectivity index (χ3v) is 5.38. The number of hydrogen-bond donors (Lipinski definition) is 2. The lowest BCUT2D eigenvalue weighted by Crippen LogP contribution is -2.68. The number of fused-ring (bicyclic) bond motifs is 3. The molecule has 3 atom stereocenters. The summed E-state index contributed by atoms with van der Waals surface area (Å²) in [7, 11) is 1.56. The summed E-state index contributed by atoms with van der Waals surface area (Å²) in [5, 5.41) is 6.92. The van der Waals surface area contributed by atoms with Crippen LogP contribution >= 0.6 is 0 Å². The minimum Gasteiger partial charge on any atom is -0.495 e. The predicted octanol–water partition coefficient (Wildman–Crippen LogP) is 0.962. The third-order valence-electron chi connectivity index (χ3n) is 5.38. The first-order valence-corrected chi connectivity index (χ1v) is 8.98. The van der Waals surface area contributed by atoms with E-state index >= 15 is 0 Å². The molecule has 2 aliphatic heterocycles. The fraction of sp³-hybridized carbons (Fsp3) is 0.500. The van der Waals surface area contributed by atoms with Gasteiger partial charge in [0.2, 0.25) is 5.91 Å². The number of carbonyl (C=O) groups excluding carboxylic acids is 2. The molecule has 2 fully saturated rings. The molecule has 8 heteroatoms. The molecule has 2 heterocycles. The zero-order valence-corrected chi connectivity index (χ0v) is 14.7. The molecule has 3 unspecified atom stereocenters. The summed E-state index contributed by atoms with van der Waals surface area (Å²) in [6.45, 7) is 0.0318. The van der Waals surface area contributed by atoms with E-state index in [-0.39, 0.29) is 30.4 Å². The second kappa shape index (κ2) is 6.86. The van der Waals surface area contributed by atoms with Crippen molar-refractivity contribution in [2.24, 2.45) is 5.10 Å². The number of hydrazone groups is 1. The van der Waals surface area contributed by atoms with Crippen molar-refractivity contribution in [2.75, 3.05) is 19.0 Å². The van der Waals surface area contributed by atoms with E-state index < -0.39 is 6.17 Å². The summed E-state index contributed by atoms with van der Waals surface area (Å²) in [6.07, 6.45) is 5.35. The van der Waals surface area contributed by atoms with Gasteiger partial charge in [0.05, 0.1) is 24.9 Å². The van der Waals surface area contributed by atoms with Crippen LogP contribution in [0.25, 0.3) is 0 Å². The highest BCUT2D eigenvalue weighted by Crippen LogP contribution is 2.33. The Morgan fingerprint density at radius 3 is 2.88 bits per heavy atom. The van der Waals surface area contributed by atoms with Crippen LogP contribution in [0.5, 0.6) is 5.75 Å². The van der Waals surface area contributed by atoms with Gasteiger partial charge in [-0.2, -0.15) is 5.10 Å². The van der Waals surface area contributed by atoms with E-state index in [0.29, 0.717) is 11.4 Å². The highest BCUT2D eigenvalue weighted by Gasteiger charge is 2.48. The smallest absolute Gasteiger partial charge is 0.268 e. The van der Waals surface area contributed by atoms with Gasteiger partial charge in [-0.25, -0.2) is 0 Å². The van der Waals surface area contributed by atoms with Crippen LogP contribution in [0, 0.1) is 0 Å². The number of amides is 2. The van der Waals surface area contributed by atoms with E-state index in [1.807, 2.05) is 17.0 Å². The van der Waals surface area contributed by atoms with Gasteiger partial charge in [-0.1, -0.05) is 25.0 Å². The molecule has 0 bridgehead atoms. The molecule has 138 valence electrons. The van der Waals surface area contributed by atoms with Gasteiger partial charge in [-0.15, -0.1) is 0 Å². The number of benzene rings is 1. The Kier molecular flexibility index (Phi) is 4.40. The second-order valence-electron chi connectivity index (χ2n) is 6.86. The number of carbonyl (C=O) groups is 2. The molecule has 3 aliphatic rings. The molecular weight excluding hydrogens is 334 g/mol. The summed E-state index contributed by atoms with van der Waals surface area (Å²) in [4.78, 5) is 29.3. The first-order valence-electron chi connectivity index (χ1n) is 8.98. The van der Waals surface area contributed by atoms with Gasteiger partial charge >= 0.3 is 0 Å². The van der Waals surface area contributed by atoms with Gasteiger partial charge in [0.15, 0.2) is 6.17 Å². The van der Waals surface area contributed by atoms with Gasteiger partial charge in [-0.05, 0) is 25.0 Å². The average molecular weight is 357 g/mol. The molecule has 2 N–H and O–H groups in total. The van der Waals surface area contributed by atoms with Crippen molar-refractivity contribution in [3.05, 3.63) is 24.3 Å². The molecule has 1 aliphatic carbocycles. The molecule has 26 heavy (non-hydrogen) atoms. The normalized spacial score (nSPS) is 26.8. The van der Waals surface area contributed by atoms with E-state index in [1.165, 1.54) is 0 Å². The lowest BCUT2D eigenvalue weighted by Gasteiger charge is -2.50. The van der Waals surface area contributed by atoms with Gasteiger partial charge in [-0.3, -0.25) is 15.0 Å². The molecule has 8 nitrogen and oxygen atoms in total. The number of para-hydroxylation sites is 2. The topological polar surface area (TPSA) is 86.3 Å². The van der Waals surface area contributed by atoms with Crippen LogP contribution in [-0.2, 0) is 9.59 Å². The minimum atomic E-state index is -0.492. The zero-order valence-electron chi connectivity index (χ0n) is 14.7. The largest absolute Gasteiger partial charge is 0.495 e. The Labute approximate surface area is 152 Å². The monoisotopic (exact) mass is 357 g/mol. The van der Waals surface area contributed by atoms with E-state index in [4.69, 9.17) is 4.74 Å². The fourth-order valence-corrected chi connectivity index (χ4v) is 4.17. The molecule has 1 aromatic carbocycles. The maximum Gasteiger partial charge on any atom is 0.268 e. The van der Waals surface area contributed by atoms with Gasteiger partial charge in [0.1, 0.15) is 18.6 Å². The van der Waals surface area contributed by atoms with Gasteiger partial charge < -0.3 is 19.9 Å². The number of piperazine rings is 1. The second-order valence-corrected chi connectivity index (χ2v) is 6.86. The van der Waals surface area contributed by atoms with Crippen molar-refractivity contribution in [3.63, 3.8) is 0 Å². The van der Waals surface area contributed by atoms with Crippen LogP contribution in [0.15, 0.2) is 29.4 Å². The lowest BCUT2D eigenvalue weighted by atomic mass is 9.85. The van der Waals surface area contributed by atoms with Gasteiger partial charge in [0, 0.05) is 0 Å². The number of nitrogens with one attached hydrogen (secondary N) is 2. The molecule has 0 aromatic heterocycles. The Bertz CT molecular complexity index is 737. The molecule has 1 saturated carbocycles. The van der Waals surface area contributed by atoms with Crippen LogP contribution in [0.3, 0.4) is 0 Å². The zero-order chi connectivity index (χ0) is 18.1. The molecule has 0 radical (unpaired) electrons. The van der Waals surface area contributed by atoms with Crippen LogP contribution in [-0.4, -0.2) is 59.9 Å². The first kappa shape index (κ1) is 16.7. The molecule has 4 rings (SSSR count). The van der Waals surface area contributed by atoms with Crippen LogP contribution in [0.4, 0.5) is 5.69 Å². The average Bonchev–Trinajstić information content (AvgIpc) is 3.16. The number of nitrogens with zero attached hydrogens (tertiary/aromatic N) is 3. The summed E-state index contributed by atoms with van der Waals surface area (Å²) < 4.78 is 5.27. The Morgan fingerprint density at radius 1 is 1.31 bits per heavy atom. The van der Waals surface area contributed by atoms with Crippen molar-refractivity contribution in [3.8, 4) is 5.75 Å². The highest BCUT2D eigenvalue weighted by atomic mass is 16.5. The number of methoxy groups -OCH3 is 1. The molecule has 1 aromatic rings. The molecule has 2 amide bonds. The highest BCUT2D eigenvalue weighted by molar-refractivity contribution is 5.97. The van der Waals surface area contributed by atoms with E-state index in [0.717, 1.165) is 25.7 Å². The molecule has 0 spiro atoms. The van der Waals surface area contributed by atoms with Crippen molar-refractivity contribution >= 4 is 23.8 Å².